The van der Waals surface area contributed by atoms with Crippen LogP contribution in [-0.2, 0) is 0 Å². The van der Waals surface area contributed by atoms with Gasteiger partial charge >= 0.3 is 0 Å². The fraction of sp³-hybridized carbons (Fsp3) is 0.600. The van der Waals surface area contributed by atoms with E-state index in [1.165, 1.54) is 0 Å². The molecule has 0 aromatic rings. The first-order chi connectivity index (χ1) is 4.86. The number of guanidine groups is 1. The van der Waals surface area contributed by atoms with Crippen LogP contribution in [0, 0.1) is 0 Å². The number of hydrogen-bond acceptors (Lipinski definition) is 5. The van der Waals surface area contributed by atoms with Crippen LogP contribution in [0.5, 0.6) is 0 Å². The largest absolute Gasteiger partial charge is 0.370 e. The molecule has 10 heavy (non-hydrogen) atoms. The summed E-state index contributed by atoms with van der Waals surface area (Å²) in [5, 5.41) is 3.37. The lowest BCUT2D eigenvalue weighted by Gasteiger charge is -2.16. The number of hydrogen-bond donors (Lipinski definition) is 2. The summed E-state index contributed by atoms with van der Waals surface area (Å²) in [4.78, 5) is 8.27. The maximum Gasteiger partial charge on any atom is 0.194 e. The van der Waals surface area contributed by atoms with Crippen LogP contribution in [0.2, 0.25) is 0 Å². The third-order valence-electron chi connectivity index (χ3n) is 1.50. The van der Waals surface area contributed by atoms with E-state index in [9.17, 15) is 0 Å². The molecule has 2 aliphatic rings. The van der Waals surface area contributed by atoms with Crippen molar-refractivity contribution < 1.29 is 0 Å². The van der Waals surface area contributed by atoms with Crippen molar-refractivity contribution in [1.82, 2.24) is 5.32 Å². The van der Waals surface area contributed by atoms with E-state index in [2.05, 4.69) is 15.3 Å². The van der Waals surface area contributed by atoms with Gasteiger partial charge in [0.1, 0.15) is 5.84 Å². The highest BCUT2D eigenvalue weighted by atomic mass is 32.2. The Kier molecular flexibility index (Phi) is 1.30. The van der Waals surface area contributed by atoms with Gasteiger partial charge in [-0.05, 0) is 0 Å². The fourth-order valence-corrected chi connectivity index (χ4v) is 1.85. The van der Waals surface area contributed by atoms with Crippen molar-refractivity contribution in [3.63, 3.8) is 0 Å². The normalized spacial score (nSPS) is 30.2. The number of aliphatic imine (C=N–C) groups is 2. The Morgan fingerprint density at radius 2 is 2.50 bits per heavy atom. The van der Waals surface area contributed by atoms with Gasteiger partial charge in [0.25, 0.3) is 0 Å². The number of fused-ring (bicyclic) bond motifs is 1. The molecule has 0 bridgehead atoms. The van der Waals surface area contributed by atoms with Crippen LogP contribution in [0.15, 0.2) is 9.98 Å². The van der Waals surface area contributed by atoms with Crippen LogP contribution >= 0.6 is 11.8 Å². The predicted octanol–water partition coefficient (Wildman–Crippen LogP) is -0.624. The third kappa shape index (κ3) is 0.862. The average molecular weight is 156 g/mol. The molecule has 0 radical (unpaired) electrons. The van der Waals surface area contributed by atoms with Gasteiger partial charge in [-0.1, -0.05) is 0 Å². The van der Waals surface area contributed by atoms with Gasteiger partial charge in [0.05, 0.1) is 17.7 Å². The standard InChI is InChI=1S/C5H8N4S/c6-5-7-1-3-4(9-5)8-2-10-3/h3H,1-2H2,(H3,6,7,8,9). The third-order valence-corrected chi connectivity index (χ3v) is 2.55. The number of nitrogens with zero attached hydrogens (tertiary/aromatic N) is 2. The fourth-order valence-electron chi connectivity index (χ4n) is 0.989. The molecule has 3 N–H and O–H groups in total. The van der Waals surface area contributed by atoms with E-state index in [4.69, 9.17) is 5.73 Å². The van der Waals surface area contributed by atoms with E-state index in [-0.39, 0.29) is 0 Å². The molecular weight excluding hydrogens is 148 g/mol. The number of nitrogens with one attached hydrogen (secondary N) is 1. The Hall–Kier alpha value is -0.710. The molecule has 0 saturated heterocycles. The second-order valence-corrected chi connectivity index (χ2v) is 3.34. The second kappa shape index (κ2) is 2.16. The Balaban J connectivity index is 2.20. The topological polar surface area (TPSA) is 62.8 Å². The molecule has 0 aromatic carbocycles. The van der Waals surface area contributed by atoms with E-state index in [1.54, 1.807) is 11.8 Å². The van der Waals surface area contributed by atoms with Crippen molar-refractivity contribution in [3.8, 4) is 0 Å². The lowest BCUT2D eigenvalue weighted by molar-refractivity contribution is 0.974. The van der Waals surface area contributed by atoms with Crippen LogP contribution < -0.4 is 11.1 Å². The average Bonchev–Trinajstić information content (AvgIpc) is 2.33. The first kappa shape index (κ1) is 6.03. The zero-order chi connectivity index (χ0) is 6.97. The first-order valence-corrected chi connectivity index (χ1v) is 4.14. The molecule has 0 aliphatic carbocycles. The maximum absolute atomic E-state index is 5.44. The zero-order valence-corrected chi connectivity index (χ0v) is 6.19. The van der Waals surface area contributed by atoms with E-state index in [1.807, 2.05) is 0 Å². The summed E-state index contributed by atoms with van der Waals surface area (Å²) in [5.74, 6) is 2.34. The number of amidine groups is 1. The summed E-state index contributed by atoms with van der Waals surface area (Å²) in [5.41, 5.74) is 5.44. The second-order valence-electron chi connectivity index (χ2n) is 2.18. The number of rotatable bonds is 0. The minimum atomic E-state index is 0.437. The van der Waals surface area contributed by atoms with Gasteiger partial charge in [0.2, 0.25) is 0 Å². The van der Waals surface area contributed by atoms with Crippen LogP contribution in [0.4, 0.5) is 0 Å². The summed E-state index contributed by atoms with van der Waals surface area (Å²) in [6.45, 7) is 0.780. The number of nitrogens with two attached hydrogens (primary N) is 1. The van der Waals surface area contributed by atoms with Gasteiger partial charge in [-0.2, -0.15) is 0 Å². The molecule has 5 heteroatoms. The molecule has 1 atom stereocenters. The van der Waals surface area contributed by atoms with Gasteiger partial charge in [-0.15, -0.1) is 11.8 Å². The molecule has 54 valence electrons. The van der Waals surface area contributed by atoms with E-state index < -0.39 is 0 Å². The van der Waals surface area contributed by atoms with Crippen molar-refractivity contribution >= 4 is 23.6 Å². The van der Waals surface area contributed by atoms with Gasteiger partial charge in [-0.25, -0.2) is 0 Å². The van der Waals surface area contributed by atoms with Crippen LogP contribution in [0.1, 0.15) is 0 Å². The zero-order valence-electron chi connectivity index (χ0n) is 5.37. The number of thioether (sulfide) groups is 1. The van der Waals surface area contributed by atoms with E-state index >= 15 is 0 Å². The monoisotopic (exact) mass is 156 g/mol. The van der Waals surface area contributed by atoms with Gasteiger partial charge in [0, 0.05) is 0 Å². The predicted molar refractivity (Wildman–Crippen MR) is 43.3 cm³/mol. The molecular formula is C5H8N4S. The van der Waals surface area contributed by atoms with E-state index in [0.717, 1.165) is 18.3 Å². The van der Waals surface area contributed by atoms with Gasteiger partial charge in [-0.3, -0.25) is 9.98 Å². The highest BCUT2D eigenvalue weighted by molar-refractivity contribution is 8.01. The summed E-state index contributed by atoms with van der Waals surface area (Å²) in [7, 11) is 0. The van der Waals surface area contributed by atoms with Crippen molar-refractivity contribution in [2.24, 2.45) is 15.7 Å². The molecule has 0 fully saturated rings. The van der Waals surface area contributed by atoms with Gasteiger partial charge in [0.15, 0.2) is 5.96 Å². The lowest BCUT2D eigenvalue weighted by Crippen LogP contribution is -2.45. The highest BCUT2D eigenvalue weighted by Gasteiger charge is 2.24. The Morgan fingerprint density at radius 1 is 1.60 bits per heavy atom. The van der Waals surface area contributed by atoms with Crippen molar-refractivity contribution in [3.05, 3.63) is 0 Å². The SMILES string of the molecule is NC1=NCC2SCN=C2N1. The van der Waals surface area contributed by atoms with Crippen LogP contribution in [0.3, 0.4) is 0 Å². The summed E-state index contributed by atoms with van der Waals surface area (Å²) < 4.78 is 0. The van der Waals surface area contributed by atoms with Crippen LogP contribution in [0.25, 0.3) is 0 Å². The molecule has 4 nitrogen and oxygen atoms in total. The quantitative estimate of drug-likeness (QED) is 0.491. The first-order valence-electron chi connectivity index (χ1n) is 3.09. The molecule has 0 aromatic heterocycles. The molecule has 1 unspecified atom stereocenters. The summed E-state index contributed by atoms with van der Waals surface area (Å²) in [6.07, 6.45) is 0. The minimum absolute atomic E-state index is 0.437. The smallest absolute Gasteiger partial charge is 0.194 e. The van der Waals surface area contributed by atoms with Gasteiger partial charge < -0.3 is 11.1 Å². The Labute approximate surface area is 63.0 Å². The van der Waals surface area contributed by atoms with Crippen LogP contribution in [-0.4, -0.2) is 29.5 Å². The van der Waals surface area contributed by atoms with E-state index in [0.29, 0.717) is 11.2 Å². The molecule has 2 aliphatic heterocycles. The summed E-state index contributed by atoms with van der Waals surface area (Å²) in [6, 6.07) is 0. The summed E-state index contributed by atoms with van der Waals surface area (Å²) >= 11 is 1.80. The lowest BCUT2D eigenvalue weighted by atomic mass is 10.3. The molecule has 2 rings (SSSR count). The molecule has 2 heterocycles. The van der Waals surface area contributed by atoms with Crippen molar-refractivity contribution in [2.45, 2.75) is 5.25 Å². The van der Waals surface area contributed by atoms with Crippen molar-refractivity contribution in [2.75, 3.05) is 12.4 Å². The highest BCUT2D eigenvalue weighted by Crippen LogP contribution is 2.20. The molecule has 0 amide bonds. The molecule has 0 spiro atoms. The maximum atomic E-state index is 5.44. The minimum Gasteiger partial charge on any atom is -0.370 e. The Bertz CT molecular complexity index is 210. The molecule has 0 saturated carbocycles. The van der Waals surface area contributed by atoms with Crippen molar-refractivity contribution in [1.29, 1.82) is 0 Å². The Morgan fingerprint density at radius 3 is 3.40 bits per heavy atom.